The molecule has 1 aromatic carbocycles. The number of aliphatic imine (C=N–C) groups is 1. The maximum absolute atomic E-state index is 4.53. The van der Waals surface area contributed by atoms with Crippen molar-refractivity contribution in [1.29, 1.82) is 0 Å². The Morgan fingerprint density at radius 3 is 2.45 bits per heavy atom. The van der Waals surface area contributed by atoms with Crippen molar-refractivity contribution in [3.8, 4) is 0 Å². The molecule has 0 radical (unpaired) electrons. The van der Waals surface area contributed by atoms with E-state index in [1.807, 2.05) is 6.20 Å². The normalized spacial score (nSPS) is 21.8. The largest absolute Gasteiger partial charge is 0.318 e. The number of para-hydroxylation sites is 1. The minimum atomic E-state index is 1.07. The zero-order chi connectivity index (χ0) is 15.5. The third kappa shape index (κ3) is 2.92. The van der Waals surface area contributed by atoms with Crippen LogP contribution in [0.2, 0.25) is 0 Å². The standard InChI is InChI=1S/C20H24N2/c1-15-9-12-20-18(14-21-13-15)11-10-16(2)17(3)22(20)19-7-5-4-6-8-19/h4-8,13-14H,9-12H2,1-3H3/b15-13+,21-14?. The summed E-state index contributed by atoms with van der Waals surface area (Å²) in [5, 5.41) is 0. The summed E-state index contributed by atoms with van der Waals surface area (Å²) in [7, 11) is 0. The molecule has 0 spiro atoms. The van der Waals surface area contributed by atoms with Gasteiger partial charge in [0.15, 0.2) is 0 Å². The first-order valence-corrected chi connectivity index (χ1v) is 8.09. The molecule has 0 aromatic heterocycles. The quantitative estimate of drug-likeness (QED) is 0.657. The van der Waals surface area contributed by atoms with Gasteiger partial charge in [-0.1, -0.05) is 29.3 Å². The SMILES string of the molecule is CC1=C(C)N(c2ccccc2)C2=C(C=N/C=C(\C)CC2)CC1. The Labute approximate surface area is 133 Å². The Balaban J connectivity index is 2.12. The average Bonchev–Trinajstić information content (AvgIpc) is 2.63. The van der Waals surface area contributed by atoms with E-state index < -0.39 is 0 Å². The van der Waals surface area contributed by atoms with Crippen LogP contribution in [0.1, 0.15) is 46.5 Å². The molecule has 0 amide bonds. The van der Waals surface area contributed by atoms with Gasteiger partial charge in [-0.25, -0.2) is 0 Å². The molecule has 0 saturated carbocycles. The number of anilines is 1. The fraction of sp³-hybridized carbons (Fsp3) is 0.350. The summed E-state index contributed by atoms with van der Waals surface area (Å²) in [6, 6.07) is 10.7. The van der Waals surface area contributed by atoms with Gasteiger partial charge in [0.1, 0.15) is 0 Å². The molecule has 2 aliphatic rings. The third-order valence-electron chi connectivity index (χ3n) is 4.66. The van der Waals surface area contributed by atoms with Gasteiger partial charge in [-0.3, -0.25) is 4.99 Å². The molecule has 0 atom stereocenters. The van der Waals surface area contributed by atoms with Gasteiger partial charge in [-0.2, -0.15) is 0 Å². The molecule has 2 nitrogen and oxygen atoms in total. The highest BCUT2D eigenvalue weighted by Gasteiger charge is 2.22. The molecule has 0 fully saturated rings. The molecule has 0 N–H and O–H groups in total. The van der Waals surface area contributed by atoms with Gasteiger partial charge in [0.2, 0.25) is 0 Å². The molecule has 0 bridgehead atoms. The van der Waals surface area contributed by atoms with Crippen LogP contribution in [0.25, 0.3) is 0 Å². The lowest BCUT2D eigenvalue weighted by molar-refractivity contribution is 0.855. The lowest BCUT2D eigenvalue weighted by Crippen LogP contribution is -2.22. The highest BCUT2D eigenvalue weighted by molar-refractivity contribution is 5.83. The van der Waals surface area contributed by atoms with Crippen molar-refractivity contribution in [3.63, 3.8) is 0 Å². The van der Waals surface area contributed by atoms with Crippen molar-refractivity contribution in [2.24, 2.45) is 4.99 Å². The van der Waals surface area contributed by atoms with Crippen LogP contribution in [0.3, 0.4) is 0 Å². The fourth-order valence-electron chi connectivity index (χ4n) is 3.16. The molecule has 2 heterocycles. The monoisotopic (exact) mass is 292 g/mol. The molecule has 2 aliphatic heterocycles. The van der Waals surface area contributed by atoms with Gasteiger partial charge in [0, 0.05) is 29.5 Å². The molecule has 0 unspecified atom stereocenters. The Bertz CT molecular complexity index is 675. The molecule has 3 rings (SSSR count). The minimum absolute atomic E-state index is 1.07. The molecule has 114 valence electrons. The second-order valence-electron chi connectivity index (χ2n) is 6.26. The first-order chi connectivity index (χ1) is 10.7. The Morgan fingerprint density at radius 2 is 1.68 bits per heavy atom. The van der Waals surface area contributed by atoms with Crippen molar-refractivity contribution >= 4 is 11.9 Å². The molecular formula is C20H24N2. The van der Waals surface area contributed by atoms with E-state index in [9.17, 15) is 0 Å². The maximum atomic E-state index is 4.53. The molecule has 22 heavy (non-hydrogen) atoms. The number of hydrogen-bond acceptors (Lipinski definition) is 2. The van der Waals surface area contributed by atoms with E-state index in [0.29, 0.717) is 0 Å². The van der Waals surface area contributed by atoms with E-state index >= 15 is 0 Å². The van der Waals surface area contributed by atoms with Crippen LogP contribution in [0, 0.1) is 0 Å². The summed E-state index contributed by atoms with van der Waals surface area (Å²) in [6.07, 6.45) is 8.42. The van der Waals surface area contributed by atoms with E-state index in [0.717, 1.165) is 25.7 Å². The van der Waals surface area contributed by atoms with Crippen LogP contribution in [-0.2, 0) is 0 Å². The topological polar surface area (TPSA) is 15.6 Å². The number of allylic oxidation sites excluding steroid dienone is 5. The van der Waals surface area contributed by atoms with Gasteiger partial charge < -0.3 is 4.90 Å². The molecule has 0 aliphatic carbocycles. The summed E-state index contributed by atoms with van der Waals surface area (Å²) in [4.78, 5) is 6.97. The average molecular weight is 292 g/mol. The van der Waals surface area contributed by atoms with Crippen LogP contribution in [0.5, 0.6) is 0 Å². The van der Waals surface area contributed by atoms with Crippen LogP contribution in [0.15, 0.2) is 69.6 Å². The zero-order valence-corrected chi connectivity index (χ0v) is 13.8. The summed E-state index contributed by atoms with van der Waals surface area (Å²) in [6.45, 7) is 6.67. The predicted octanol–water partition coefficient (Wildman–Crippen LogP) is 5.60. The lowest BCUT2D eigenvalue weighted by Gasteiger charge is -2.30. The number of rotatable bonds is 1. The van der Waals surface area contributed by atoms with Gasteiger partial charge in [0.25, 0.3) is 0 Å². The zero-order valence-electron chi connectivity index (χ0n) is 13.8. The van der Waals surface area contributed by atoms with Crippen LogP contribution in [0.4, 0.5) is 5.69 Å². The van der Waals surface area contributed by atoms with E-state index in [1.165, 1.54) is 33.8 Å². The summed E-state index contributed by atoms with van der Waals surface area (Å²) in [5.74, 6) is 0. The molecule has 0 saturated heterocycles. The minimum Gasteiger partial charge on any atom is -0.318 e. The van der Waals surface area contributed by atoms with E-state index in [1.54, 1.807) is 0 Å². The van der Waals surface area contributed by atoms with Gasteiger partial charge in [-0.15, -0.1) is 0 Å². The molecular weight excluding hydrogens is 268 g/mol. The first kappa shape index (κ1) is 14.8. The highest BCUT2D eigenvalue weighted by atomic mass is 15.2. The number of nitrogens with zero attached hydrogens (tertiary/aromatic N) is 2. The van der Waals surface area contributed by atoms with Gasteiger partial charge >= 0.3 is 0 Å². The van der Waals surface area contributed by atoms with Crippen molar-refractivity contribution < 1.29 is 0 Å². The molecule has 2 heteroatoms. The molecule has 1 aromatic rings. The summed E-state index contributed by atoms with van der Waals surface area (Å²) in [5.41, 5.74) is 8.23. The Morgan fingerprint density at radius 1 is 0.909 bits per heavy atom. The number of benzene rings is 1. The summed E-state index contributed by atoms with van der Waals surface area (Å²) >= 11 is 0. The Hall–Kier alpha value is -2.09. The van der Waals surface area contributed by atoms with Crippen molar-refractivity contribution in [2.75, 3.05) is 4.90 Å². The maximum Gasteiger partial charge on any atom is 0.0455 e. The summed E-state index contributed by atoms with van der Waals surface area (Å²) < 4.78 is 0. The van der Waals surface area contributed by atoms with Crippen LogP contribution in [-0.4, -0.2) is 6.21 Å². The van der Waals surface area contributed by atoms with E-state index in [4.69, 9.17) is 0 Å². The lowest BCUT2D eigenvalue weighted by atomic mass is 10.0. The fourth-order valence-corrected chi connectivity index (χ4v) is 3.16. The van der Waals surface area contributed by atoms with Crippen LogP contribution >= 0.6 is 0 Å². The Kier molecular flexibility index (Phi) is 4.28. The van der Waals surface area contributed by atoms with Crippen molar-refractivity contribution in [2.45, 2.75) is 46.5 Å². The third-order valence-corrected chi connectivity index (χ3v) is 4.66. The van der Waals surface area contributed by atoms with E-state index in [2.05, 4.69) is 67.2 Å². The number of hydrogen-bond donors (Lipinski definition) is 0. The van der Waals surface area contributed by atoms with Gasteiger partial charge in [0.05, 0.1) is 0 Å². The second-order valence-corrected chi connectivity index (χ2v) is 6.26. The van der Waals surface area contributed by atoms with Crippen LogP contribution < -0.4 is 4.90 Å². The highest BCUT2D eigenvalue weighted by Crippen LogP contribution is 2.35. The van der Waals surface area contributed by atoms with Gasteiger partial charge in [-0.05, 0) is 64.2 Å². The van der Waals surface area contributed by atoms with Crippen molar-refractivity contribution in [1.82, 2.24) is 0 Å². The van der Waals surface area contributed by atoms with E-state index in [-0.39, 0.29) is 0 Å². The first-order valence-electron chi connectivity index (χ1n) is 8.09. The predicted molar refractivity (Wildman–Crippen MR) is 95.0 cm³/mol. The smallest absolute Gasteiger partial charge is 0.0455 e. The second kappa shape index (κ2) is 6.35. The van der Waals surface area contributed by atoms with Crippen molar-refractivity contribution in [3.05, 3.63) is 64.6 Å².